The average Bonchev–Trinajstić information content (AvgIpc) is 2.75. The largest absolute Gasteiger partial charge is 0.383 e. The van der Waals surface area contributed by atoms with Crippen LogP contribution < -0.4 is 15.5 Å². The van der Waals surface area contributed by atoms with Crippen LogP contribution in [0.2, 0.25) is 0 Å². The number of amides is 1. The number of methoxy groups -OCH3 is 1. The minimum absolute atomic E-state index is 0.141. The maximum absolute atomic E-state index is 12.8. The summed E-state index contributed by atoms with van der Waals surface area (Å²) in [6.07, 6.45) is 3.48. The van der Waals surface area contributed by atoms with E-state index >= 15 is 0 Å². The number of nitro groups is 1. The van der Waals surface area contributed by atoms with E-state index < -0.39 is 4.92 Å². The first kappa shape index (κ1) is 20.6. The van der Waals surface area contributed by atoms with Crippen LogP contribution in [0.1, 0.15) is 29.6 Å². The van der Waals surface area contributed by atoms with Crippen LogP contribution in [0.4, 0.5) is 22.7 Å². The molecule has 1 heterocycles. The maximum atomic E-state index is 12.8. The Morgan fingerprint density at radius 1 is 1.14 bits per heavy atom. The Hall–Kier alpha value is -3.13. The van der Waals surface area contributed by atoms with Gasteiger partial charge in [0.05, 0.1) is 22.9 Å². The van der Waals surface area contributed by atoms with Gasteiger partial charge in [-0.1, -0.05) is 12.1 Å². The number of piperidine rings is 1. The van der Waals surface area contributed by atoms with Crippen molar-refractivity contribution in [2.24, 2.45) is 0 Å². The molecule has 2 N–H and O–H groups in total. The summed E-state index contributed by atoms with van der Waals surface area (Å²) >= 11 is 0. The third-order valence-corrected chi connectivity index (χ3v) is 4.93. The highest BCUT2D eigenvalue weighted by molar-refractivity contribution is 6.06. The zero-order valence-corrected chi connectivity index (χ0v) is 16.5. The van der Waals surface area contributed by atoms with E-state index in [0.29, 0.717) is 24.5 Å². The first-order valence-electron chi connectivity index (χ1n) is 9.76. The molecule has 0 aromatic heterocycles. The zero-order valence-electron chi connectivity index (χ0n) is 16.5. The molecule has 0 atom stereocenters. The standard InChI is InChI=1S/C21H26N4O4/c1-29-14-11-22-17-10-9-16(15-20(17)25(27)28)21(26)23-18-7-3-4-8-19(18)24-12-5-2-6-13-24/h3-4,7-10,15,22H,2,5-6,11-14H2,1H3,(H,23,26). The molecule has 2 aromatic carbocycles. The van der Waals surface area contributed by atoms with Gasteiger partial charge < -0.3 is 20.3 Å². The molecule has 0 spiro atoms. The molecule has 2 aromatic rings. The second-order valence-electron chi connectivity index (χ2n) is 6.93. The van der Waals surface area contributed by atoms with Gasteiger partial charge in [0.1, 0.15) is 5.69 Å². The van der Waals surface area contributed by atoms with Crippen LogP contribution in [-0.4, -0.2) is 44.2 Å². The van der Waals surface area contributed by atoms with Gasteiger partial charge in [0.2, 0.25) is 0 Å². The first-order chi connectivity index (χ1) is 14.1. The lowest BCUT2D eigenvalue weighted by molar-refractivity contribution is -0.384. The van der Waals surface area contributed by atoms with Crippen molar-refractivity contribution >= 4 is 28.7 Å². The fourth-order valence-corrected chi connectivity index (χ4v) is 3.45. The molecule has 1 fully saturated rings. The monoisotopic (exact) mass is 398 g/mol. The summed E-state index contributed by atoms with van der Waals surface area (Å²) in [5.41, 5.74) is 2.15. The van der Waals surface area contributed by atoms with E-state index in [9.17, 15) is 14.9 Å². The Kier molecular flexibility index (Phi) is 7.02. The number of hydrogen-bond acceptors (Lipinski definition) is 6. The normalized spacial score (nSPS) is 13.8. The van der Waals surface area contributed by atoms with Crippen molar-refractivity contribution in [2.75, 3.05) is 48.9 Å². The van der Waals surface area contributed by atoms with Crippen LogP contribution >= 0.6 is 0 Å². The number of rotatable bonds is 8. The molecule has 0 saturated carbocycles. The lowest BCUT2D eigenvalue weighted by Crippen LogP contribution is -2.30. The minimum atomic E-state index is -0.492. The molecule has 154 valence electrons. The van der Waals surface area contributed by atoms with Gasteiger partial charge in [0, 0.05) is 38.4 Å². The minimum Gasteiger partial charge on any atom is -0.383 e. The van der Waals surface area contributed by atoms with E-state index in [1.54, 1.807) is 19.2 Å². The summed E-state index contributed by atoms with van der Waals surface area (Å²) in [5.74, 6) is -0.374. The van der Waals surface area contributed by atoms with Crippen LogP contribution in [-0.2, 0) is 4.74 Å². The second-order valence-corrected chi connectivity index (χ2v) is 6.93. The Labute approximate surface area is 170 Å². The number of hydrogen-bond donors (Lipinski definition) is 2. The third kappa shape index (κ3) is 5.23. The number of carbonyl (C=O) groups excluding carboxylic acids is 1. The summed E-state index contributed by atoms with van der Waals surface area (Å²) in [7, 11) is 1.56. The number of nitro benzene ring substituents is 1. The molecule has 29 heavy (non-hydrogen) atoms. The van der Waals surface area contributed by atoms with E-state index in [4.69, 9.17) is 4.74 Å². The Morgan fingerprint density at radius 3 is 2.62 bits per heavy atom. The fourth-order valence-electron chi connectivity index (χ4n) is 3.45. The van der Waals surface area contributed by atoms with Crippen LogP contribution in [0.5, 0.6) is 0 Å². The number of nitrogens with zero attached hydrogens (tertiary/aromatic N) is 2. The van der Waals surface area contributed by atoms with Gasteiger partial charge in [0.15, 0.2) is 0 Å². The molecule has 0 aliphatic carbocycles. The predicted molar refractivity (Wildman–Crippen MR) is 114 cm³/mol. The van der Waals surface area contributed by atoms with Gasteiger partial charge in [-0.25, -0.2) is 0 Å². The maximum Gasteiger partial charge on any atom is 0.293 e. The van der Waals surface area contributed by atoms with Crippen LogP contribution in [0.25, 0.3) is 0 Å². The number of para-hydroxylation sites is 2. The van der Waals surface area contributed by atoms with Gasteiger partial charge >= 0.3 is 0 Å². The van der Waals surface area contributed by atoms with Gasteiger partial charge in [-0.3, -0.25) is 14.9 Å². The van der Waals surface area contributed by atoms with E-state index in [2.05, 4.69) is 15.5 Å². The average molecular weight is 398 g/mol. The fraction of sp³-hybridized carbons (Fsp3) is 0.381. The van der Waals surface area contributed by atoms with Crippen LogP contribution in [0.3, 0.4) is 0 Å². The molecule has 8 nitrogen and oxygen atoms in total. The Morgan fingerprint density at radius 2 is 1.90 bits per heavy atom. The molecule has 1 saturated heterocycles. The first-order valence-corrected chi connectivity index (χ1v) is 9.76. The summed E-state index contributed by atoms with van der Waals surface area (Å²) < 4.78 is 4.95. The Bertz CT molecular complexity index is 866. The molecule has 1 amide bonds. The molecular weight excluding hydrogens is 372 g/mol. The van der Waals surface area contributed by atoms with E-state index in [1.807, 2.05) is 24.3 Å². The molecule has 0 bridgehead atoms. The van der Waals surface area contributed by atoms with Crippen molar-refractivity contribution < 1.29 is 14.5 Å². The van der Waals surface area contributed by atoms with Gasteiger partial charge in [0.25, 0.3) is 11.6 Å². The molecule has 0 unspecified atom stereocenters. The van der Waals surface area contributed by atoms with Crippen LogP contribution in [0, 0.1) is 10.1 Å². The molecule has 8 heteroatoms. The highest BCUT2D eigenvalue weighted by Gasteiger charge is 2.19. The lowest BCUT2D eigenvalue weighted by Gasteiger charge is -2.30. The lowest BCUT2D eigenvalue weighted by atomic mass is 10.1. The van der Waals surface area contributed by atoms with E-state index in [0.717, 1.165) is 31.6 Å². The topological polar surface area (TPSA) is 96.7 Å². The predicted octanol–water partition coefficient (Wildman–Crippen LogP) is 3.90. The van der Waals surface area contributed by atoms with Crippen molar-refractivity contribution in [3.8, 4) is 0 Å². The van der Waals surface area contributed by atoms with Gasteiger partial charge in [-0.2, -0.15) is 0 Å². The summed E-state index contributed by atoms with van der Waals surface area (Å²) in [6.45, 7) is 2.78. The number of benzene rings is 2. The molecule has 1 aliphatic rings. The number of nitrogens with one attached hydrogen (secondary N) is 2. The molecule has 1 aliphatic heterocycles. The molecular formula is C21H26N4O4. The molecule has 0 radical (unpaired) electrons. The summed E-state index contributed by atoms with van der Waals surface area (Å²) in [4.78, 5) is 26.0. The van der Waals surface area contributed by atoms with E-state index in [-0.39, 0.29) is 17.2 Å². The van der Waals surface area contributed by atoms with Gasteiger partial charge in [-0.15, -0.1) is 0 Å². The Balaban J connectivity index is 1.79. The van der Waals surface area contributed by atoms with Crippen molar-refractivity contribution in [3.05, 3.63) is 58.1 Å². The van der Waals surface area contributed by atoms with Crippen molar-refractivity contribution in [2.45, 2.75) is 19.3 Å². The van der Waals surface area contributed by atoms with Crippen molar-refractivity contribution in [1.82, 2.24) is 0 Å². The third-order valence-electron chi connectivity index (χ3n) is 4.93. The summed E-state index contributed by atoms with van der Waals surface area (Å²) in [6, 6.07) is 12.1. The number of carbonyl (C=O) groups is 1. The van der Waals surface area contributed by atoms with Gasteiger partial charge in [-0.05, 0) is 43.5 Å². The molecule has 3 rings (SSSR count). The van der Waals surface area contributed by atoms with E-state index in [1.165, 1.54) is 12.5 Å². The number of anilines is 3. The van der Waals surface area contributed by atoms with Crippen LogP contribution in [0.15, 0.2) is 42.5 Å². The smallest absolute Gasteiger partial charge is 0.293 e. The zero-order chi connectivity index (χ0) is 20.6. The SMILES string of the molecule is COCCNc1ccc(C(=O)Nc2ccccc2N2CCCCC2)cc1[N+](=O)[O-]. The summed E-state index contributed by atoms with van der Waals surface area (Å²) in [5, 5.41) is 17.3. The van der Waals surface area contributed by atoms with Crippen molar-refractivity contribution in [1.29, 1.82) is 0 Å². The second kappa shape index (κ2) is 9.88. The quantitative estimate of drug-likeness (QED) is 0.398. The number of ether oxygens (including phenoxy) is 1. The highest BCUT2D eigenvalue weighted by Crippen LogP contribution is 2.30. The highest BCUT2D eigenvalue weighted by atomic mass is 16.6. The van der Waals surface area contributed by atoms with Crippen molar-refractivity contribution in [3.63, 3.8) is 0 Å².